The lowest BCUT2D eigenvalue weighted by atomic mass is 9.94. The third kappa shape index (κ3) is 0.844. The van der Waals surface area contributed by atoms with Crippen LogP contribution in [-0.2, 0) is 0 Å². The molecule has 0 aliphatic heterocycles. The predicted octanol–water partition coefficient (Wildman–Crippen LogP) is 0.830. The van der Waals surface area contributed by atoms with Gasteiger partial charge in [-0.15, -0.1) is 0 Å². The Morgan fingerprint density at radius 3 is 2.82 bits per heavy atom. The van der Waals surface area contributed by atoms with Crippen LogP contribution < -0.4 is 5.46 Å². The lowest BCUT2D eigenvalue weighted by Crippen LogP contribution is -2.02. The molecule has 0 saturated carbocycles. The van der Waals surface area contributed by atoms with Crippen molar-refractivity contribution >= 4 is 24.3 Å². The van der Waals surface area contributed by atoms with Crippen molar-refractivity contribution in [2.75, 3.05) is 0 Å². The molecule has 0 bridgehead atoms. The van der Waals surface area contributed by atoms with Crippen LogP contribution in [0.3, 0.4) is 0 Å². The molecule has 0 atom stereocenters. The second kappa shape index (κ2) is 2.12. The first-order valence-corrected chi connectivity index (χ1v) is 3.41. The molecule has 1 aromatic heterocycles. The van der Waals surface area contributed by atoms with Crippen LogP contribution in [0.2, 0.25) is 0 Å². The quantitative estimate of drug-likeness (QED) is 0.504. The second-order valence-corrected chi connectivity index (χ2v) is 2.53. The number of benzene rings is 1. The van der Waals surface area contributed by atoms with Crippen molar-refractivity contribution in [1.29, 1.82) is 0 Å². The maximum atomic E-state index is 12.9. The topological polar surface area (TPSA) is 13.1 Å². The highest BCUT2D eigenvalue weighted by Crippen LogP contribution is 2.15. The molecule has 0 unspecified atom stereocenters. The molecule has 0 aliphatic carbocycles. The number of hydrogen-bond donors (Lipinski definition) is 0. The Bertz CT molecular complexity index is 358. The molecule has 1 aromatic carbocycles. The molecular formula is C8H6BFO. The minimum atomic E-state index is -0.223. The standard InChI is InChI=1S/C8H6BFO/c9-6-1-2-7(10)5-3-4-11-8(5)6/h1-4H,9H2. The number of halogens is 1. The zero-order chi connectivity index (χ0) is 7.84. The molecule has 11 heavy (non-hydrogen) atoms. The highest BCUT2D eigenvalue weighted by molar-refractivity contribution is 6.37. The molecule has 2 rings (SSSR count). The largest absolute Gasteiger partial charge is 0.465 e. The predicted molar refractivity (Wildman–Crippen MR) is 44.4 cm³/mol. The first-order valence-electron chi connectivity index (χ1n) is 3.41. The van der Waals surface area contributed by atoms with Crippen LogP contribution in [0.1, 0.15) is 0 Å². The molecule has 0 N–H and O–H groups in total. The Kier molecular flexibility index (Phi) is 1.25. The lowest BCUT2D eigenvalue weighted by molar-refractivity contribution is 0.613. The summed E-state index contributed by atoms with van der Waals surface area (Å²) >= 11 is 0. The van der Waals surface area contributed by atoms with Crippen LogP contribution in [-0.4, -0.2) is 7.85 Å². The van der Waals surface area contributed by atoms with Gasteiger partial charge in [-0.1, -0.05) is 6.07 Å². The summed E-state index contributed by atoms with van der Waals surface area (Å²) in [6.07, 6.45) is 1.50. The molecule has 0 radical (unpaired) electrons. The average molecular weight is 148 g/mol. The van der Waals surface area contributed by atoms with Gasteiger partial charge in [0.05, 0.1) is 11.6 Å². The molecule has 2 aromatic rings. The second-order valence-electron chi connectivity index (χ2n) is 2.53. The Hall–Kier alpha value is -1.25. The van der Waals surface area contributed by atoms with E-state index in [1.54, 1.807) is 12.1 Å². The minimum Gasteiger partial charge on any atom is -0.465 e. The van der Waals surface area contributed by atoms with Crippen molar-refractivity contribution in [2.45, 2.75) is 0 Å². The van der Waals surface area contributed by atoms with Gasteiger partial charge >= 0.3 is 0 Å². The van der Waals surface area contributed by atoms with Gasteiger partial charge in [0.25, 0.3) is 0 Å². The van der Waals surface area contributed by atoms with Gasteiger partial charge in [0.2, 0.25) is 0 Å². The van der Waals surface area contributed by atoms with Crippen LogP contribution in [0.4, 0.5) is 4.39 Å². The Morgan fingerprint density at radius 1 is 1.27 bits per heavy atom. The number of rotatable bonds is 0. The number of hydrogen-bond acceptors (Lipinski definition) is 1. The van der Waals surface area contributed by atoms with Gasteiger partial charge in [-0.2, -0.15) is 0 Å². The van der Waals surface area contributed by atoms with Crippen molar-refractivity contribution in [2.24, 2.45) is 0 Å². The van der Waals surface area contributed by atoms with Crippen LogP contribution >= 0.6 is 0 Å². The van der Waals surface area contributed by atoms with Gasteiger partial charge in [-0.3, -0.25) is 0 Å². The number of fused-ring (bicyclic) bond motifs is 1. The fourth-order valence-electron chi connectivity index (χ4n) is 1.17. The third-order valence-electron chi connectivity index (χ3n) is 1.76. The Balaban J connectivity index is 2.96. The highest BCUT2D eigenvalue weighted by atomic mass is 19.1. The maximum Gasteiger partial charge on any atom is 0.144 e. The van der Waals surface area contributed by atoms with Gasteiger partial charge in [-0.05, 0) is 17.6 Å². The molecule has 0 spiro atoms. The van der Waals surface area contributed by atoms with Crippen LogP contribution in [0.5, 0.6) is 0 Å². The van der Waals surface area contributed by atoms with Crippen molar-refractivity contribution in [3.8, 4) is 0 Å². The third-order valence-corrected chi connectivity index (χ3v) is 1.76. The normalized spacial score (nSPS) is 10.6. The Morgan fingerprint density at radius 2 is 2.09 bits per heavy atom. The van der Waals surface area contributed by atoms with Crippen molar-refractivity contribution in [1.82, 2.24) is 0 Å². The highest BCUT2D eigenvalue weighted by Gasteiger charge is 2.04. The van der Waals surface area contributed by atoms with E-state index in [1.807, 2.05) is 7.85 Å². The molecule has 1 nitrogen and oxygen atoms in total. The monoisotopic (exact) mass is 148 g/mol. The van der Waals surface area contributed by atoms with Gasteiger partial charge in [0.15, 0.2) is 0 Å². The average Bonchev–Trinajstić information content (AvgIpc) is 2.45. The van der Waals surface area contributed by atoms with E-state index in [0.717, 1.165) is 5.46 Å². The molecule has 0 amide bonds. The van der Waals surface area contributed by atoms with Crippen LogP contribution in [0.15, 0.2) is 28.9 Å². The molecule has 3 heteroatoms. The van der Waals surface area contributed by atoms with Crippen molar-refractivity contribution in [3.63, 3.8) is 0 Å². The first kappa shape index (κ1) is 6.46. The summed E-state index contributed by atoms with van der Waals surface area (Å²) < 4.78 is 18.0. The van der Waals surface area contributed by atoms with E-state index in [4.69, 9.17) is 4.42 Å². The van der Waals surface area contributed by atoms with E-state index < -0.39 is 0 Å². The number of furan rings is 1. The van der Waals surface area contributed by atoms with Gasteiger partial charge in [0.1, 0.15) is 19.2 Å². The maximum absolute atomic E-state index is 12.9. The van der Waals surface area contributed by atoms with Crippen molar-refractivity contribution < 1.29 is 8.81 Å². The van der Waals surface area contributed by atoms with E-state index in [-0.39, 0.29) is 5.82 Å². The summed E-state index contributed by atoms with van der Waals surface area (Å²) in [5.41, 5.74) is 1.61. The van der Waals surface area contributed by atoms with E-state index in [0.29, 0.717) is 11.0 Å². The van der Waals surface area contributed by atoms with Crippen molar-refractivity contribution in [3.05, 3.63) is 30.3 Å². The molecule has 1 heterocycles. The van der Waals surface area contributed by atoms with E-state index in [2.05, 4.69) is 0 Å². The van der Waals surface area contributed by atoms with Gasteiger partial charge < -0.3 is 4.42 Å². The fourth-order valence-corrected chi connectivity index (χ4v) is 1.17. The first-order chi connectivity index (χ1) is 5.29. The summed E-state index contributed by atoms with van der Waals surface area (Å²) in [4.78, 5) is 0. The van der Waals surface area contributed by atoms with E-state index in [1.165, 1.54) is 12.3 Å². The van der Waals surface area contributed by atoms with Gasteiger partial charge in [-0.25, -0.2) is 4.39 Å². The Labute approximate surface area is 64.2 Å². The van der Waals surface area contributed by atoms with E-state index in [9.17, 15) is 4.39 Å². The van der Waals surface area contributed by atoms with Crippen LogP contribution in [0.25, 0.3) is 11.0 Å². The summed E-state index contributed by atoms with van der Waals surface area (Å²) in [7, 11) is 1.89. The zero-order valence-electron chi connectivity index (χ0n) is 6.10. The molecule has 54 valence electrons. The van der Waals surface area contributed by atoms with Crippen LogP contribution in [0, 0.1) is 5.82 Å². The zero-order valence-corrected chi connectivity index (χ0v) is 6.10. The lowest BCUT2D eigenvalue weighted by Gasteiger charge is -1.94. The SMILES string of the molecule is Bc1ccc(F)c2ccoc12. The smallest absolute Gasteiger partial charge is 0.144 e. The molecular weight excluding hydrogens is 142 g/mol. The summed E-state index contributed by atoms with van der Waals surface area (Å²) in [6.45, 7) is 0. The molecule has 0 saturated heterocycles. The summed E-state index contributed by atoms with van der Waals surface area (Å²) in [5, 5.41) is 0.560. The van der Waals surface area contributed by atoms with Gasteiger partial charge in [0, 0.05) is 0 Å². The molecule has 0 fully saturated rings. The summed E-state index contributed by atoms with van der Waals surface area (Å²) in [6, 6.07) is 4.80. The summed E-state index contributed by atoms with van der Waals surface area (Å²) in [5.74, 6) is -0.223. The van der Waals surface area contributed by atoms with E-state index >= 15 is 0 Å². The minimum absolute atomic E-state index is 0.223. The molecule has 0 aliphatic rings. The fraction of sp³-hybridized carbons (Fsp3) is 0.